The monoisotopic (exact) mass is 257 g/mol. The third-order valence-electron chi connectivity index (χ3n) is 4.32. The van der Waals surface area contributed by atoms with Crippen LogP contribution in [0.5, 0.6) is 0 Å². The lowest BCUT2D eigenvalue weighted by atomic mass is 9.78. The van der Waals surface area contributed by atoms with Crippen molar-refractivity contribution >= 4 is 11.7 Å². The number of fused-ring (bicyclic) bond motifs is 3. The molecule has 0 bridgehead atoms. The molecular weight excluding hydrogens is 238 g/mol. The third kappa shape index (κ3) is 1.84. The summed E-state index contributed by atoms with van der Waals surface area (Å²) in [6, 6.07) is 6.17. The molecule has 3 heteroatoms. The minimum absolute atomic E-state index is 0.157. The van der Waals surface area contributed by atoms with Gasteiger partial charge in [-0.2, -0.15) is 0 Å². The highest BCUT2D eigenvalue weighted by atomic mass is 16.5. The molecule has 0 saturated carbocycles. The number of aryl methyl sites for hydroxylation is 1. The molecule has 0 aromatic heterocycles. The normalized spacial score (nSPS) is 27.4. The van der Waals surface area contributed by atoms with E-state index in [0.717, 1.165) is 18.5 Å². The number of allylic oxidation sites excluding steroid dienone is 2. The fraction of sp³-hybridized carbons (Fsp3) is 0.438. The SMILES string of the molecule is CCc1cccc2c1N[C@H](C(=O)OC)[C@@H]1CC=C[C@H]21. The van der Waals surface area contributed by atoms with Gasteiger partial charge in [-0.15, -0.1) is 0 Å². The molecule has 3 nitrogen and oxygen atoms in total. The molecule has 0 saturated heterocycles. The van der Waals surface area contributed by atoms with E-state index in [1.54, 1.807) is 0 Å². The van der Waals surface area contributed by atoms with Gasteiger partial charge in [0, 0.05) is 17.5 Å². The molecule has 0 spiro atoms. The first-order chi connectivity index (χ1) is 9.26. The number of para-hydroxylation sites is 1. The lowest BCUT2D eigenvalue weighted by molar-refractivity contribution is -0.142. The summed E-state index contributed by atoms with van der Waals surface area (Å²) in [6.45, 7) is 2.14. The topological polar surface area (TPSA) is 38.3 Å². The second kappa shape index (κ2) is 4.72. The molecule has 1 aliphatic heterocycles. The minimum atomic E-state index is -0.231. The van der Waals surface area contributed by atoms with Gasteiger partial charge in [0.05, 0.1) is 7.11 Å². The van der Waals surface area contributed by atoms with Crippen LogP contribution in [0.1, 0.15) is 30.4 Å². The number of hydrogen-bond acceptors (Lipinski definition) is 3. The summed E-state index contributed by atoms with van der Waals surface area (Å²) in [4.78, 5) is 12.0. The Balaban J connectivity index is 2.07. The van der Waals surface area contributed by atoms with Gasteiger partial charge in [0.2, 0.25) is 0 Å². The van der Waals surface area contributed by atoms with E-state index in [2.05, 4.69) is 42.6 Å². The van der Waals surface area contributed by atoms with Crippen molar-refractivity contribution < 1.29 is 9.53 Å². The molecule has 0 unspecified atom stereocenters. The molecule has 1 aromatic rings. The third-order valence-corrected chi connectivity index (χ3v) is 4.32. The molecule has 3 rings (SSSR count). The largest absolute Gasteiger partial charge is 0.467 e. The molecule has 0 radical (unpaired) electrons. The Hall–Kier alpha value is -1.77. The summed E-state index contributed by atoms with van der Waals surface area (Å²) in [7, 11) is 1.46. The number of methoxy groups -OCH3 is 1. The van der Waals surface area contributed by atoms with Crippen molar-refractivity contribution in [1.29, 1.82) is 0 Å². The first-order valence-corrected chi connectivity index (χ1v) is 6.89. The van der Waals surface area contributed by atoms with E-state index >= 15 is 0 Å². The molecule has 1 N–H and O–H groups in total. The van der Waals surface area contributed by atoms with Crippen molar-refractivity contribution in [2.24, 2.45) is 5.92 Å². The van der Waals surface area contributed by atoms with Crippen molar-refractivity contribution in [3.8, 4) is 0 Å². The number of nitrogens with one attached hydrogen (secondary N) is 1. The molecule has 3 atom stereocenters. The Kier molecular flexibility index (Phi) is 3.05. The number of esters is 1. The van der Waals surface area contributed by atoms with Crippen molar-refractivity contribution in [3.63, 3.8) is 0 Å². The van der Waals surface area contributed by atoms with Crippen LogP contribution in [0.2, 0.25) is 0 Å². The summed E-state index contributed by atoms with van der Waals surface area (Å²) in [6.07, 6.45) is 6.32. The van der Waals surface area contributed by atoms with Gasteiger partial charge < -0.3 is 10.1 Å². The van der Waals surface area contributed by atoms with Gasteiger partial charge in [0.1, 0.15) is 6.04 Å². The number of benzene rings is 1. The van der Waals surface area contributed by atoms with E-state index in [4.69, 9.17) is 4.74 Å². The zero-order valence-electron chi connectivity index (χ0n) is 11.3. The second-order valence-corrected chi connectivity index (χ2v) is 5.23. The van der Waals surface area contributed by atoms with Crippen LogP contribution in [0.25, 0.3) is 0 Å². The standard InChI is InChI=1S/C16H19NO2/c1-3-10-6-4-8-12-11-7-5-9-13(11)15(16(18)19-2)17-14(10)12/h4-8,11,13,15,17H,3,9H2,1-2H3/t11-,13-,15+/m1/s1. The van der Waals surface area contributed by atoms with Crippen molar-refractivity contribution in [2.45, 2.75) is 31.7 Å². The predicted molar refractivity (Wildman–Crippen MR) is 75.2 cm³/mol. The maximum absolute atomic E-state index is 12.0. The van der Waals surface area contributed by atoms with E-state index in [9.17, 15) is 4.79 Å². The van der Waals surface area contributed by atoms with Gasteiger partial charge in [-0.3, -0.25) is 0 Å². The van der Waals surface area contributed by atoms with Crippen LogP contribution >= 0.6 is 0 Å². The summed E-state index contributed by atoms with van der Waals surface area (Å²) in [5.41, 5.74) is 3.72. The van der Waals surface area contributed by atoms with Crippen LogP contribution in [0.3, 0.4) is 0 Å². The van der Waals surface area contributed by atoms with Gasteiger partial charge in [0.15, 0.2) is 0 Å². The van der Waals surface area contributed by atoms with Gasteiger partial charge >= 0.3 is 5.97 Å². The first-order valence-electron chi connectivity index (χ1n) is 6.89. The number of carbonyl (C=O) groups is 1. The van der Waals surface area contributed by atoms with Crippen LogP contribution in [0, 0.1) is 5.92 Å². The molecule has 1 aromatic carbocycles. The average Bonchev–Trinajstić information content (AvgIpc) is 2.94. The van der Waals surface area contributed by atoms with E-state index in [-0.39, 0.29) is 17.9 Å². The minimum Gasteiger partial charge on any atom is -0.467 e. The van der Waals surface area contributed by atoms with Crippen LogP contribution in [0.15, 0.2) is 30.4 Å². The Labute approximate surface area is 113 Å². The van der Waals surface area contributed by atoms with Gasteiger partial charge in [-0.25, -0.2) is 4.79 Å². The maximum Gasteiger partial charge on any atom is 0.328 e. The number of ether oxygens (including phenoxy) is 1. The highest BCUT2D eigenvalue weighted by Crippen LogP contribution is 2.45. The molecule has 1 heterocycles. The van der Waals surface area contributed by atoms with Gasteiger partial charge in [0.25, 0.3) is 0 Å². The zero-order chi connectivity index (χ0) is 13.4. The van der Waals surface area contributed by atoms with E-state index in [1.165, 1.54) is 18.2 Å². The van der Waals surface area contributed by atoms with Crippen LogP contribution in [-0.2, 0) is 16.0 Å². The quantitative estimate of drug-likeness (QED) is 0.654. The number of carbonyl (C=O) groups excluding carboxylic acids is 1. The highest BCUT2D eigenvalue weighted by Gasteiger charge is 2.41. The predicted octanol–water partition coefficient (Wildman–Crippen LogP) is 2.88. The Morgan fingerprint density at radius 2 is 2.32 bits per heavy atom. The van der Waals surface area contributed by atoms with Crippen molar-refractivity contribution in [2.75, 3.05) is 12.4 Å². The zero-order valence-corrected chi connectivity index (χ0v) is 11.3. The smallest absolute Gasteiger partial charge is 0.328 e. The molecule has 0 amide bonds. The number of anilines is 1. The molecule has 19 heavy (non-hydrogen) atoms. The van der Waals surface area contributed by atoms with E-state index < -0.39 is 0 Å². The summed E-state index contributed by atoms with van der Waals surface area (Å²) < 4.78 is 4.96. The molecule has 0 fully saturated rings. The van der Waals surface area contributed by atoms with Crippen molar-refractivity contribution in [1.82, 2.24) is 0 Å². The Bertz CT molecular complexity index is 536. The lowest BCUT2D eigenvalue weighted by Crippen LogP contribution is -2.42. The van der Waals surface area contributed by atoms with Crippen LogP contribution < -0.4 is 5.32 Å². The highest BCUT2D eigenvalue weighted by molar-refractivity contribution is 5.83. The maximum atomic E-state index is 12.0. The van der Waals surface area contributed by atoms with Gasteiger partial charge in [-0.1, -0.05) is 37.3 Å². The summed E-state index contributed by atoms with van der Waals surface area (Å²) >= 11 is 0. The summed E-state index contributed by atoms with van der Waals surface area (Å²) in [5.74, 6) is 0.467. The fourth-order valence-corrected chi connectivity index (χ4v) is 3.34. The lowest BCUT2D eigenvalue weighted by Gasteiger charge is -2.36. The van der Waals surface area contributed by atoms with Gasteiger partial charge in [-0.05, 0) is 24.0 Å². The fourth-order valence-electron chi connectivity index (χ4n) is 3.34. The van der Waals surface area contributed by atoms with E-state index in [1.807, 2.05) is 0 Å². The van der Waals surface area contributed by atoms with Crippen LogP contribution in [-0.4, -0.2) is 19.1 Å². The molecule has 2 aliphatic rings. The van der Waals surface area contributed by atoms with E-state index in [0.29, 0.717) is 5.92 Å². The number of rotatable bonds is 2. The van der Waals surface area contributed by atoms with Crippen LogP contribution in [0.4, 0.5) is 5.69 Å². The second-order valence-electron chi connectivity index (χ2n) is 5.23. The first kappa shape index (κ1) is 12.3. The molecular formula is C16H19NO2. The Morgan fingerprint density at radius 1 is 1.47 bits per heavy atom. The molecule has 100 valence electrons. The Morgan fingerprint density at radius 3 is 3.05 bits per heavy atom. The number of hydrogen-bond donors (Lipinski definition) is 1. The average molecular weight is 257 g/mol. The van der Waals surface area contributed by atoms with Crippen molar-refractivity contribution in [3.05, 3.63) is 41.5 Å². The molecule has 1 aliphatic carbocycles. The summed E-state index contributed by atoms with van der Waals surface area (Å²) in [5, 5.41) is 3.42.